The molecule has 0 fully saturated rings. The molecule has 6 nitrogen and oxygen atoms in total. The van der Waals surface area contributed by atoms with Crippen molar-refractivity contribution in [3.05, 3.63) is 59.7 Å². The van der Waals surface area contributed by atoms with Crippen molar-refractivity contribution in [2.75, 3.05) is 18.6 Å². The van der Waals surface area contributed by atoms with Gasteiger partial charge < -0.3 is 19.7 Å². The number of methoxy groups -OCH3 is 1. The number of fused-ring (bicyclic) bond motifs is 1. The molecule has 6 heteroatoms. The van der Waals surface area contributed by atoms with E-state index >= 15 is 0 Å². The van der Waals surface area contributed by atoms with Gasteiger partial charge in [0.15, 0.2) is 0 Å². The van der Waals surface area contributed by atoms with Gasteiger partial charge in [-0.15, -0.1) is 0 Å². The van der Waals surface area contributed by atoms with Crippen LogP contribution < -0.4 is 15.0 Å². The zero-order valence-corrected chi connectivity index (χ0v) is 15.6. The number of hydrogen-bond donors (Lipinski definition) is 1. The van der Waals surface area contributed by atoms with Crippen LogP contribution in [0.2, 0.25) is 0 Å². The van der Waals surface area contributed by atoms with Gasteiger partial charge in [0.05, 0.1) is 7.11 Å². The van der Waals surface area contributed by atoms with Crippen LogP contribution >= 0.6 is 0 Å². The Morgan fingerprint density at radius 2 is 1.96 bits per heavy atom. The molecule has 1 aliphatic rings. The molecular formula is C21H24N2O4. The number of nitrogens with zero attached hydrogens (tertiary/aromatic N) is 1. The Kier molecular flexibility index (Phi) is 5.96. The second-order valence-corrected chi connectivity index (χ2v) is 6.52. The van der Waals surface area contributed by atoms with E-state index in [1.165, 1.54) is 0 Å². The largest absolute Gasteiger partial charge is 0.497 e. The Hall–Kier alpha value is -3.02. The van der Waals surface area contributed by atoms with E-state index in [0.29, 0.717) is 6.54 Å². The molecule has 0 saturated carbocycles. The Labute approximate surface area is 159 Å². The fraction of sp³-hybridized carbons (Fsp3) is 0.333. The van der Waals surface area contributed by atoms with E-state index in [1.54, 1.807) is 18.9 Å². The Morgan fingerprint density at radius 3 is 2.70 bits per heavy atom. The third kappa shape index (κ3) is 4.58. The van der Waals surface area contributed by atoms with Crippen molar-refractivity contribution < 1.29 is 19.1 Å². The Morgan fingerprint density at radius 1 is 1.19 bits per heavy atom. The van der Waals surface area contributed by atoms with Crippen LogP contribution in [0.3, 0.4) is 0 Å². The summed E-state index contributed by atoms with van der Waals surface area (Å²) >= 11 is 0. The molecule has 0 radical (unpaired) electrons. The van der Waals surface area contributed by atoms with Gasteiger partial charge in [0, 0.05) is 12.2 Å². The summed E-state index contributed by atoms with van der Waals surface area (Å²) in [5.41, 5.74) is 2.84. The number of carbonyl (C=O) groups excluding carboxylic acids is 2. The summed E-state index contributed by atoms with van der Waals surface area (Å²) in [4.78, 5) is 26.6. The first kappa shape index (κ1) is 18.8. The van der Waals surface area contributed by atoms with E-state index in [2.05, 4.69) is 5.32 Å². The van der Waals surface area contributed by atoms with Gasteiger partial charge in [-0.3, -0.25) is 4.79 Å². The maximum atomic E-state index is 12.8. The molecule has 1 heterocycles. The summed E-state index contributed by atoms with van der Waals surface area (Å²) < 4.78 is 10.5. The molecule has 2 aromatic carbocycles. The first-order valence-corrected chi connectivity index (χ1v) is 9.04. The van der Waals surface area contributed by atoms with Crippen LogP contribution in [0, 0.1) is 0 Å². The highest BCUT2D eigenvalue weighted by molar-refractivity contribution is 5.99. The molecule has 0 aromatic heterocycles. The molecular weight excluding hydrogens is 344 g/mol. The topological polar surface area (TPSA) is 67.9 Å². The van der Waals surface area contributed by atoms with Crippen LogP contribution in [-0.4, -0.2) is 31.7 Å². The lowest BCUT2D eigenvalue weighted by Gasteiger charge is -2.31. The number of amides is 2. The monoisotopic (exact) mass is 368 g/mol. The molecule has 142 valence electrons. The zero-order chi connectivity index (χ0) is 19.2. The maximum absolute atomic E-state index is 12.8. The molecule has 27 heavy (non-hydrogen) atoms. The highest BCUT2D eigenvalue weighted by Crippen LogP contribution is 2.30. The average molecular weight is 368 g/mol. The molecule has 1 aliphatic heterocycles. The summed E-state index contributed by atoms with van der Waals surface area (Å²) in [5, 5.41) is 2.62. The lowest BCUT2D eigenvalue weighted by atomic mass is 10.0. The minimum atomic E-state index is -0.679. The lowest BCUT2D eigenvalue weighted by molar-refractivity contribution is -0.120. The van der Waals surface area contributed by atoms with Crippen LogP contribution in [0.4, 0.5) is 10.5 Å². The summed E-state index contributed by atoms with van der Waals surface area (Å²) in [6.45, 7) is 2.47. The lowest BCUT2D eigenvalue weighted by Crippen LogP contribution is -2.48. The number of anilines is 1. The predicted molar refractivity (Wildman–Crippen MR) is 103 cm³/mol. The van der Waals surface area contributed by atoms with E-state index in [0.717, 1.165) is 35.4 Å². The third-order valence-corrected chi connectivity index (χ3v) is 4.59. The van der Waals surface area contributed by atoms with Gasteiger partial charge in [-0.05, 0) is 49.1 Å². The highest BCUT2D eigenvalue weighted by atomic mass is 16.5. The minimum absolute atomic E-state index is 0.155. The number of ether oxygens (including phenoxy) is 2. The SMILES string of the molecule is COc1ccc2c(c1)CCCN2C(=O)[C@@H](C)NC(=O)OCc1ccccc1. The predicted octanol–water partition coefficient (Wildman–Crippen LogP) is 3.29. The molecule has 0 saturated heterocycles. The summed E-state index contributed by atoms with van der Waals surface area (Å²) in [6, 6.07) is 14.4. The number of aryl methyl sites for hydroxylation is 1. The molecule has 1 atom stereocenters. The molecule has 0 spiro atoms. The fourth-order valence-electron chi connectivity index (χ4n) is 3.17. The maximum Gasteiger partial charge on any atom is 0.408 e. The van der Waals surface area contributed by atoms with Crippen molar-refractivity contribution in [1.82, 2.24) is 5.32 Å². The van der Waals surface area contributed by atoms with E-state index < -0.39 is 12.1 Å². The van der Waals surface area contributed by atoms with Crippen molar-refractivity contribution in [3.63, 3.8) is 0 Å². The smallest absolute Gasteiger partial charge is 0.408 e. The zero-order valence-electron chi connectivity index (χ0n) is 15.6. The number of benzene rings is 2. The van der Waals surface area contributed by atoms with Gasteiger partial charge in [0.2, 0.25) is 5.91 Å². The van der Waals surface area contributed by atoms with E-state index in [9.17, 15) is 9.59 Å². The second-order valence-electron chi connectivity index (χ2n) is 6.52. The number of alkyl carbamates (subject to hydrolysis) is 1. The van der Waals surface area contributed by atoms with Crippen LogP contribution in [0.15, 0.2) is 48.5 Å². The molecule has 0 bridgehead atoms. The van der Waals surface area contributed by atoms with Crippen LogP contribution in [-0.2, 0) is 22.6 Å². The summed E-state index contributed by atoms with van der Waals surface area (Å²) in [6.07, 6.45) is 1.17. The van der Waals surface area contributed by atoms with Gasteiger partial charge in [0.1, 0.15) is 18.4 Å². The normalized spacial score (nSPS) is 14.1. The standard InChI is InChI=1S/C21H24N2O4/c1-15(22-21(25)27-14-16-7-4-3-5-8-16)20(24)23-12-6-9-17-13-18(26-2)10-11-19(17)23/h3-5,7-8,10-11,13,15H,6,9,12,14H2,1-2H3,(H,22,25)/t15-/m1/s1. The second kappa shape index (κ2) is 8.58. The third-order valence-electron chi connectivity index (χ3n) is 4.59. The average Bonchev–Trinajstić information content (AvgIpc) is 2.71. The molecule has 1 N–H and O–H groups in total. The van der Waals surface area contributed by atoms with E-state index in [4.69, 9.17) is 9.47 Å². The Bertz CT molecular complexity index is 807. The van der Waals surface area contributed by atoms with Crippen LogP contribution in [0.5, 0.6) is 5.75 Å². The highest BCUT2D eigenvalue weighted by Gasteiger charge is 2.27. The Balaban J connectivity index is 1.60. The van der Waals surface area contributed by atoms with Crippen molar-refractivity contribution in [1.29, 1.82) is 0 Å². The van der Waals surface area contributed by atoms with Gasteiger partial charge in [-0.1, -0.05) is 30.3 Å². The number of nitrogens with one attached hydrogen (secondary N) is 1. The fourth-order valence-corrected chi connectivity index (χ4v) is 3.17. The van der Waals surface area contributed by atoms with E-state index in [1.807, 2.05) is 48.5 Å². The van der Waals surface area contributed by atoms with Crippen molar-refractivity contribution in [2.24, 2.45) is 0 Å². The van der Waals surface area contributed by atoms with Crippen molar-refractivity contribution >= 4 is 17.7 Å². The van der Waals surface area contributed by atoms with Gasteiger partial charge >= 0.3 is 6.09 Å². The molecule has 3 rings (SSSR count). The number of carbonyl (C=O) groups is 2. The van der Waals surface area contributed by atoms with Gasteiger partial charge in [0.25, 0.3) is 0 Å². The van der Waals surface area contributed by atoms with Crippen LogP contribution in [0.25, 0.3) is 0 Å². The summed E-state index contributed by atoms with van der Waals surface area (Å²) in [5.74, 6) is 0.622. The minimum Gasteiger partial charge on any atom is -0.497 e. The summed E-state index contributed by atoms with van der Waals surface area (Å²) in [7, 11) is 1.63. The number of rotatable bonds is 5. The first-order chi connectivity index (χ1) is 13.1. The van der Waals surface area contributed by atoms with Gasteiger partial charge in [-0.2, -0.15) is 0 Å². The van der Waals surface area contributed by atoms with Crippen molar-refractivity contribution in [3.8, 4) is 5.75 Å². The first-order valence-electron chi connectivity index (χ1n) is 9.04. The van der Waals surface area contributed by atoms with E-state index in [-0.39, 0.29) is 12.5 Å². The van der Waals surface area contributed by atoms with Crippen molar-refractivity contribution in [2.45, 2.75) is 32.4 Å². The quantitative estimate of drug-likeness (QED) is 0.879. The van der Waals surface area contributed by atoms with Gasteiger partial charge in [-0.25, -0.2) is 4.79 Å². The van der Waals surface area contributed by atoms with Crippen LogP contribution in [0.1, 0.15) is 24.5 Å². The molecule has 2 aromatic rings. The molecule has 2 amide bonds. The molecule has 0 aliphatic carbocycles. The molecule has 0 unspecified atom stereocenters. The number of hydrogen-bond acceptors (Lipinski definition) is 4.